The number of carbonyl (C=O) groups excluding carboxylic acids is 1. The van der Waals surface area contributed by atoms with Crippen LogP contribution < -0.4 is 21.1 Å². The molecule has 0 aromatic heterocycles. The lowest BCUT2D eigenvalue weighted by Gasteiger charge is -2.23. The predicted molar refractivity (Wildman–Crippen MR) is 175 cm³/mol. The van der Waals surface area contributed by atoms with E-state index in [1.165, 1.54) is 89.9 Å². The topological polar surface area (TPSA) is 79.0 Å². The molecule has 1 aromatic rings. The second kappa shape index (κ2) is 24.7. The molecule has 0 fully saturated rings. The van der Waals surface area contributed by atoms with Crippen molar-refractivity contribution in [2.24, 2.45) is 0 Å². The quantitative estimate of drug-likeness (QED) is 0.0602. The van der Waals surface area contributed by atoms with Gasteiger partial charge in [0.1, 0.15) is 11.4 Å². The third kappa shape index (κ3) is 17.6. The number of esters is 1. The number of hydrogen-bond acceptors (Lipinski definition) is 7. The highest BCUT2D eigenvalue weighted by molar-refractivity contribution is 5.74. The lowest BCUT2D eigenvalue weighted by Crippen LogP contribution is -2.40. The lowest BCUT2D eigenvalue weighted by atomic mass is 10.1. The normalized spacial score (nSPS) is 11.4. The molecule has 0 aliphatic rings. The number of ether oxygens (including phenoxy) is 1. The summed E-state index contributed by atoms with van der Waals surface area (Å²) in [5.41, 5.74) is 0.200. The molecule has 1 N–H and O–H groups in total. The third-order valence-electron chi connectivity index (χ3n) is 7.98. The zero-order valence-electron chi connectivity index (χ0n) is 27.2. The van der Waals surface area contributed by atoms with Crippen LogP contribution in [0, 0.1) is 0 Å². The Balaban J connectivity index is 2.19. The number of unbranched alkanes of at least 4 members (excludes halogenated alkanes) is 15. The molecule has 0 aliphatic heterocycles. The first-order valence-corrected chi connectivity index (χ1v) is 17.0. The minimum atomic E-state index is -0.390. The van der Waals surface area contributed by atoms with Gasteiger partial charge in [-0.15, -0.1) is 0 Å². The van der Waals surface area contributed by atoms with Crippen molar-refractivity contribution < 1.29 is 9.53 Å². The Morgan fingerprint density at radius 2 is 1.12 bits per heavy atom. The van der Waals surface area contributed by atoms with Crippen LogP contribution in [0.2, 0.25) is 0 Å². The van der Waals surface area contributed by atoms with E-state index in [4.69, 9.17) is 4.74 Å². The van der Waals surface area contributed by atoms with Crippen molar-refractivity contribution in [3.8, 4) is 0 Å². The Bertz CT molecular complexity index is 848. The maximum Gasteiger partial charge on any atom is 0.305 e. The number of nitrogens with zero attached hydrogens (tertiary/aromatic N) is 2. The zero-order valence-corrected chi connectivity index (χ0v) is 27.2. The largest absolute Gasteiger partial charge is 0.466 e. The predicted octanol–water partition coefficient (Wildman–Crippen LogP) is 7.45. The monoisotopic (exact) mass is 577 g/mol. The van der Waals surface area contributed by atoms with Gasteiger partial charge in [-0.05, 0) is 51.7 Å². The maximum absolute atomic E-state index is 12.0. The van der Waals surface area contributed by atoms with Crippen molar-refractivity contribution in [3.05, 3.63) is 20.4 Å². The molecule has 238 valence electrons. The summed E-state index contributed by atoms with van der Waals surface area (Å²) >= 11 is 0. The average Bonchev–Trinajstić information content (AvgIpc) is 2.96. The van der Waals surface area contributed by atoms with Crippen LogP contribution in [0.4, 0.5) is 11.4 Å². The molecule has 0 radical (unpaired) electrons. The molecule has 0 bridgehead atoms. The van der Waals surface area contributed by atoms with Crippen LogP contribution in [-0.2, 0) is 9.53 Å². The molecule has 0 saturated heterocycles. The summed E-state index contributed by atoms with van der Waals surface area (Å²) in [6.45, 7) is 9.00. The number of carbonyl (C=O) groups is 1. The fourth-order valence-electron chi connectivity index (χ4n) is 5.39. The highest BCUT2D eigenvalue weighted by Gasteiger charge is 2.21. The summed E-state index contributed by atoms with van der Waals surface area (Å²) < 4.78 is 5.41. The fraction of sp³-hybridized carbons (Fsp3) is 0.853. The minimum absolute atomic E-state index is 0.0314. The van der Waals surface area contributed by atoms with Crippen LogP contribution >= 0.6 is 0 Å². The van der Waals surface area contributed by atoms with Crippen molar-refractivity contribution in [3.63, 3.8) is 0 Å². The first kappa shape index (κ1) is 37.1. The maximum atomic E-state index is 12.0. The van der Waals surface area contributed by atoms with E-state index in [0.717, 1.165) is 51.7 Å². The van der Waals surface area contributed by atoms with E-state index in [0.29, 0.717) is 30.9 Å². The zero-order chi connectivity index (χ0) is 30.1. The smallest absolute Gasteiger partial charge is 0.305 e. The number of rotatable bonds is 29. The Hall–Kier alpha value is -1.89. The van der Waals surface area contributed by atoms with Crippen LogP contribution in [-0.4, -0.2) is 57.8 Å². The molecule has 0 amide bonds. The van der Waals surface area contributed by atoms with Crippen LogP contribution in [0.15, 0.2) is 9.59 Å². The van der Waals surface area contributed by atoms with Gasteiger partial charge in [0.2, 0.25) is 0 Å². The van der Waals surface area contributed by atoms with Gasteiger partial charge >= 0.3 is 5.97 Å². The SMILES string of the molecule is CCCCCCCCCOC(=O)CCCCCCCN(CCCCCCCC)CCCNc1c(N(C)C)c(=O)c1=O. The standard InChI is InChI=1S/C34H63N3O4/c1-5-7-9-11-13-18-22-29-41-30(38)24-19-15-14-17-21-27-37(26-20-16-12-10-8-6-2)28-23-25-35-31-32(36(3)4)34(40)33(31)39/h35H,5-29H2,1-4H3. The highest BCUT2D eigenvalue weighted by Crippen LogP contribution is 2.17. The molecule has 0 heterocycles. The Kier molecular flexibility index (Phi) is 22.4. The molecule has 41 heavy (non-hydrogen) atoms. The highest BCUT2D eigenvalue weighted by atomic mass is 16.5. The molecule has 0 aliphatic carbocycles. The van der Waals surface area contributed by atoms with Crippen LogP contribution in [0.25, 0.3) is 0 Å². The first-order chi connectivity index (χ1) is 19.9. The van der Waals surface area contributed by atoms with Crippen molar-refractivity contribution in [2.75, 3.05) is 57.1 Å². The van der Waals surface area contributed by atoms with Gasteiger partial charge < -0.3 is 19.9 Å². The van der Waals surface area contributed by atoms with Crippen molar-refractivity contribution in [1.82, 2.24) is 4.90 Å². The van der Waals surface area contributed by atoms with Gasteiger partial charge in [-0.2, -0.15) is 0 Å². The van der Waals surface area contributed by atoms with E-state index in [2.05, 4.69) is 24.1 Å². The minimum Gasteiger partial charge on any atom is -0.466 e. The van der Waals surface area contributed by atoms with E-state index < -0.39 is 0 Å². The fourth-order valence-corrected chi connectivity index (χ4v) is 5.39. The van der Waals surface area contributed by atoms with Crippen molar-refractivity contribution in [1.29, 1.82) is 0 Å². The number of anilines is 2. The second-order valence-corrected chi connectivity index (χ2v) is 12.0. The molecule has 1 aromatic carbocycles. The Morgan fingerprint density at radius 3 is 1.68 bits per heavy atom. The van der Waals surface area contributed by atoms with E-state index in [1.54, 1.807) is 19.0 Å². The van der Waals surface area contributed by atoms with Gasteiger partial charge in [0.15, 0.2) is 0 Å². The van der Waals surface area contributed by atoms with Gasteiger partial charge in [0.25, 0.3) is 10.9 Å². The molecule has 7 heteroatoms. The summed E-state index contributed by atoms with van der Waals surface area (Å²) in [4.78, 5) is 40.0. The lowest BCUT2D eigenvalue weighted by molar-refractivity contribution is -0.143. The first-order valence-electron chi connectivity index (χ1n) is 17.0. The number of nitrogens with one attached hydrogen (secondary N) is 1. The molecule has 0 unspecified atom stereocenters. The van der Waals surface area contributed by atoms with Crippen LogP contribution in [0.3, 0.4) is 0 Å². The molecule has 1 rings (SSSR count). The summed E-state index contributed by atoms with van der Waals surface area (Å²) in [5.74, 6) is -0.0314. The second-order valence-electron chi connectivity index (χ2n) is 12.0. The molecular formula is C34H63N3O4. The van der Waals surface area contributed by atoms with Gasteiger partial charge in [-0.1, -0.05) is 104 Å². The summed E-state index contributed by atoms with van der Waals surface area (Å²) in [6.07, 6.45) is 23.5. The van der Waals surface area contributed by atoms with E-state index >= 15 is 0 Å². The van der Waals surface area contributed by atoms with Crippen LogP contribution in [0.1, 0.15) is 142 Å². The van der Waals surface area contributed by atoms with Gasteiger partial charge in [-0.3, -0.25) is 14.4 Å². The summed E-state index contributed by atoms with van der Waals surface area (Å²) in [6, 6.07) is 0. The van der Waals surface area contributed by atoms with E-state index in [1.807, 2.05) is 0 Å². The van der Waals surface area contributed by atoms with E-state index in [-0.39, 0.29) is 16.8 Å². The molecular weight excluding hydrogens is 514 g/mol. The number of hydrogen-bond donors (Lipinski definition) is 1. The molecule has 0 atom stereocenters. The average molecular weight is 578 g/mol. The molecule has 0 spiro atoms. The van der Waals surface area contributed by atoms with E-state index in [9.17, 15) is 14.4 Å². The summed E-state index contributed by atoms with van der Waals surface area (Å²) in [7, 11) is 3.60. The van der Waals surface area contributed by atoms with Crippen molar-refractivity contribution in [2.45, 2.75) is 142 Å². The molecule has 7 nitrogen and oxygen atoms in total. The van der Waals surface area contributed by atoms with Gasteiger partial charge in [0.05, 0.1) is 6.61 Å². The Morgan fingerprint density at radius 1 is 0.634 bits per heavy atom. The molecule has 0 saturated carbocycles. The van der Waals surface area contributed by atoms with Crippen molar-refractivity contribution >= 4 is 17.3 Å². The summed E-state index contributed by atoms with van der Waals surface area (Å²) in [5, 5.41) is 3.21. The van der Waals surface area contributed by atoms with Crippen LogP contribution in [0.5, 0.6) is 0 Å². The Labute approximate surface area is 251 Å². The van der Waals surface area contributed by atoms with Gasteiger partial charge in [0, 0.05) is 27.1 Å². The van der Waals surface area contributed by atoms with Gasteiger partial charge in [-0.25, -0.2) is 0 Å². The third-order valence-corrected chi connectivity index (χ3v) is 7.98.